The topological polar surface area (TPSA) is 9.23 Å². The molecule has 1 nitrogen and oxygen atoms in total. The lowest BCUT2D eigenvalue weighted by Gasteiger charge is -2.21. The number of benzene rings is 2. The number of hydrogen-bond donors (Lipinski definition) is 0. The minimum absolute atomic E-state index is 0.283. The molecule has 0 aliphatic carbocycles. The van der Waals surface area contributed by atoms with Crippen molar-refractivity contribution in [1.82, 2.24) is 0 Å². The summed E-state index contributed by atoms with van der Waals surface area (Å²) in [6.45, 7) is 18.9. The molecule has 24 heavy (non-hydrogen) atoms. The van der Waals surface area contributed by atoms with E-state index in [1.807, 2.05) is 58.9 Å². The summed E-state index contributed by atoms with van der Waals surface area (Å²) in [4.78, 5) is 0. The molecule has 2 aromatic rings. The summed E-state index contributed by atoms with van der Waals surface area (Å²) in [5.74, 6) is 0.926. The van der Waals surface area contributed by atoms with Crippen LogP contribution in [0.15, 0.2) is 48.5 Å². The lowest BCUT2D eigenvalue weighted by atomic mass is 9.84. The lowest BCUT2D eigenvalue weighted by molar-refractivity contribution is 0.414. The van der Waals surface area contributed by atoms with Gasteiger partial charge in [-0.3, -0.25) is 0 Å². The lowest BCUT2D eigenvalue weighted by Crippen LogP contribution is -2.12. The third kappa shape index (κ3) is 10.1. The van der Waals surface area contributed by atoms with Crippen molar-refractivity contribution in [3.63, 3.8) is 0 Å². The molecule has 136 valence electrons. The van der Waals surface area contributed by atoms with Crippen molar-refractivity contribution in [3.8, 4) is 5.75 Å². The first kappa shape index (κ1) is 24.5. The average Bonchev–Trinajstić information content (AvgIpc) is 2.58. The molecule has 0 atom stereocenters. The summed E-state index contributed by atoms with van der Waals surface area (Å²) < 4.78 is 5.00. The van der Waals surface area contributed by atoms with Crippen molar-refractivity contribution < 1.29 is 4.74 Å². The minimum atomic E-state index is 0.283. The molecule has 0 amide bonds. The van der Waals surface area contributed by atoms with Crippen LogP contribution >= 0.6 is 0 Å². The van der Waals surface area contributed by atoms with E-state index in [-0.39, 0.29) is 5.41 Å². The van der Waals surface area contributed by atoms with E-state index in [9.17, 15) is 0 Å². The van der Waals surface area contributed by atoms with Crippen molar-refractivity contribution in [3.05, 3.63) is 65.2 Å². The maximum absolute atomic E-state index is 5.00. The molecule has 0 spiro atoms. The Kier molecular flexibility index (Phi) is 13.9. The predicted octanol–water partition coefficient (Wildman–Crippen LogP) is 7.35. The van der Waals surface area contributed by atoms with Crippen LogP contribution in [0, 0.1) is 13.8 Å². The molecule has 0 radical (unpaired) electrons. The molecule has 1 heteroatoms. The highest BCUT2D eigenvalue weighted by molar-refractivity contribution is 5.31. The molecular weight excluding hydrogens is 292 g/mol. The van der Waals surface area contributed by atoms with Crippen molar-refractivity contribution in [1.29, 1.82) is 0 Å². The van der Waals surface area contributed by atoms with Gasteiger partial charge in [0.15, 0.2) is 0 Å². The molecule has 0 aliphatic heterocycles. The van der Waals surface area contributed by atoms with E-state index < -0.39 is 0 Å². The molecule has 0 bridgehead atoms. The Hall–Kier alpha value is -1.76. The monoisotopic (exact) mass is 330 g/mol. The van der Waals surface area contributed by atoms with Crippen LogP contribution in [-0.4, -0.2) is 7.11 Å². The average molecular weight is 331 g/mol. The van der Waals surface area contributed by atoms with E-state index in [1.54, 1.807) is 7.11 Å². The third-order valence-corrected chi connectivity index (χ3v) is 3.18. The zero-order chi connectivity index (χ0) is 19.2. The highest BCUT2D eigenvalue weighted by atomic mass is 16.5. The van der Waals surface area contributed by atoms with E-state index in [0.717, 1.165) is 5.75 Å². The molecule has 0 heterocycles. The molecule has 2 aromatic carbocycles. The van der Waals surface area contributed by atoms with E-state index in [4.69, 9.17) is 4.74 Å². The molecule has 2 rings (SSSR count). The maximum atomic E-state index is 5.00. The zero-order valence-electron chi connectivity index (χ0n) is 17.5. The van der Waals surface area contributed by atoms with Gasteiger partial charge in [-0.1, -0.05) is 84.9 Å². The Labute approximate surface area is 151 Å². The number of rotatable bonds is 1. The second kappa shape index (κ2) is 13.7. The van der Waals surface area contributed by atoms with Gasteiger partial charge < -0.3 is 4.74 Å². The molecule has 0 unspecified atom stereocenters. The standard InChI is InChI=1S/C11H16.C8H10O.2C2H6/c1-9-7-5-6-8-10(9)11(2,3)4;1-7-4-3-5-8(6-7)9-2;2*1-2/h5-8H,1-4H3;3-6H,1-2H3;2*1-2H3. The smallest absolute Gasteiger partial charge is 0.119 e. The van der Waals surface area contributed by atoms with Crippen molar-refractivity contribution in [2.75, 3.05) is 7.11 Å². The molecule has 0 saturated carbocycles. The second-order valence-corrected chi connectivity index (χ2v) is 6.09. The Balaban J connectivity index is 0. The number of hydrogen-bond acceptors (Lipinski definition) is 1. The molecular formula is C23H38O. The van der Waals surface area contributed by atoms with Crippen LogP contribution in [0.3, 0.4) is 0 Å². The fourth-order valence-corrected chi connectivity index (χ4v) is 2.16. The summed E-state index contributed by atoms with van der Waals surface area (Å²) in [5, 5.41) is 0. The van der Waals surface area contributed by atoms with Gasteiger partial charge in [0.1, 0.15) is 5.75 Å². The van der Waals surface area contributed by atoms with E-state index >= 15 is 0 Å². The Bertz CT molecular complexity index is 536. The summed E-state index contributed by atoms with van der Waals surface area (Å²) in [5.41, 5.74) is 4.35. The van der Waals surface area contributed by atoms with Crippen LogP contribution in [0.5, 0.6) is 5.75 Å². The van der Waals surface area contributed by atoms with Crippen molar-refractivity contribution in [2.24, 2.45) is 0 Å². The van der Waals surface area contributed by atoms with E-state index in [0.29, 0.717) is 0 Å². The summed E-state index contributed by atoms with van der Waals surface area (Å²) in [6, 6.07) is 16.5. The Morgan fingerprint density at radius 2 is 1.29 bits per heavy atom. The predicted molar refractivity (Wildman–Crippen MR) is 110 cm³/mol. The minimum Gasteiger partial charge on any atom is -0.497 e. The van der Waals surface area contributed by atoms with Gasteiger partial charge in [0, 0.05) is 0 Å². The van der Waals surface area contributed by atoms with E-state index in [1.165, 1.54) is 16.7 Å². The van der Waals surface area contributed by atoms with Gasteiger partial charge >= 0.3 is 0 Å². The molecule has 0 aromatic heterocycles. The molecule has 0 aliphatic rings. The van der Waals surface area contributed by atoms with Gasteiger partial charge in [-0.25, -0.2) is 0 Å². The third-order valence-electron chi connectivity index (χ3n) is 3.18. The van der Waals surface area contributed by atoms with Gasteiger partial charge in [0.05, 0.1) is 7.11 Å². The van der Waals surface area contributed by atoms with Gasteiger partial charge in [0.2, 0.25) is 0 Å². The quantitative estimate of drug-likeness (QED) is 0.531. The van der Waals surface area contributed by atoms with Gasteiger partial charge in [-0.05, 0) is 48.1 Å². The Morgan fingerprint density at radius 3 is 1.62 bits per heavy atom. The molecule has 0 fully saturated rings. The van der Waals surface area contributed by atoms with Crippen molar-refractivity contribution in [2.45, 2.75) is 67.7 Å². The van der Waals surface area contributed by atoms with Gasteiger partial charge in [-0.15, -0.1) is 0 Å². The first-order chi connectivity index (χ1) is 11.3. The summed E-state index contributed by atoms with van der Waals surface area (Å²) in [7, 11) is 1.68. The van der Waals surface area contributed by atoms with Gasteiger partial charge in [0.25, 0.3) is 0 Å². The van der Waals surface area contributed by atoms with Gasteiger partial charge in [-0.2, -0.15) is 0 Å². The van der Waals surface area contributed by atoms with E-state index in [2.05, 4.69) is 52.0 Å². The molecule has 0 saturated heterocycles. The fraction of sp³-hybridized carbons (Fsp3) is 0.478. The highest BCUT2D eigenvalue weighted by Gasteiger charge is 2.14. The first-order valence-corrected chi connectivity index (χ1v) is 9.01. The maximum Gasteiger partial charge on any atom is 0.119 e. The first-order valence-electron chi connectivity index (χ1n) is 9.01. The van der Waals surface area contributed by atoms with Crippen LogP contribution < -0.4 is 4.74 Å². The second-order valence-electron chi connectivity index (χ2n) is 6.09. The van der Waals surface area contributed by atoms with Crippen LogP contribution in [0.25, 0.3) is 0 Å². The highest BCUT2D eigenvalue weighted by Crippen LogP contribution is 2.24. The number of aryl methyl sites for hydroxylation is 2. The number of ether oxygens (including phenoxy) is 1. The number of methoxy groups -OCH3 is 1. The van der Waals surface area contributed by atoms with Crippen LogP contribution in [-0.2, 0) is 5.41 Å². The van der Waals surface area contributed by atoms with Crippen LogP contribution in [0.4, 0.5) is 0 Å². The summed E-state index contributed by atoms with van der Waals surface area (Å²) >= 11 is 0. The Morgan fingerprint density at radius 1 is 0.750 bits per heavy atom. The normalized spacial score (nSPS) is 9.25. The summed E-state index contributed by atoms with van der Waals surface area (Å²) in [6.07, 6.45) is 0. The zero-order valence-corrected chi connectivity index (χ0v) is 17.5. The van der Waals surface area contributed by atoms with Crippen LogP contribution in [0.2, 0.25) is 0 Å². The van der Waals surface area contributed by atoms with Crippen molar-refractivity contribution >= 4 is 0 Å². The molecule has 0 N–H and O–H groups in total. The van der Waals surface area contributed by atoms with Crippen LogP contribution in [0.1, 0.15) is 65.2 Å². The SMILES string of the molecule is CC.CC.COc1cccc(C)c1.Cc1ccccc1C(C)(C)C. The largest absolute Gasteiger partial charge is 0.497 e. The fourth-order valence-electron chi connectivity index (χ4n) is 2.16.